The van der Waals surface area contributed by atoms with Crippen molar-refractivity contribution in [3.05, 3.63) is 29.6 Å². The van der Waals surface area contributed by atoms with Gasteiger partial charge in [-0.15, -0.1) is 0 Å². The highest BCUT2D eigenvalue weighted by Crippen LogP contribution is 2.21. The zero-order valence-electron chi connectivity index (χ0n) is 10.7. The Balaban J connectivity index is 2.82. The van der Waals surface area contributed by atoms with Crippen LogP contribution < -0.4 is 16.6 Å². The molecule has 6 heteroatoms. The van der Waals surface area contributed by atoms with Gasteiger partial charge in [0.2, 0.25) is 0 Å². The Morgan fingerprint density at radius 1 is 1.50 bits per heavy atom. The van der Waals surface area contributed by atoms with Gasteiger partial charge in [0.1, 0.15) is 5.82 Å². The molecular weight excluding hydrogens is 253 g/mol. The molecule has 0 saturated carbocycles. The van der Waals surface area contributed by atoms with Crippen LogP contribution in [0.4, 0.5) is 10.1 Å². The first-order chi connectivity index (χ1) is 8.41. The Kier molecular flexibility index (Phi) is 4.98. The number of hydrogen-bond donors (Lipinski definition) is 3. The molecule has 1 amide bonds. The molecule has 18 heavy (non-hydrogen) atoms. The number of hydrogen-bond acceptors (Lipinski definition) is 4. The maximum Gasteiger partial charge on any atom is 0.253 e. The molecule has 0 atom stereocenters. The lowest BCUT2D eigenvalue weighted by atomic mass is 10.1. The fraction of sp³-hybridized carbons (Fsp3) is 0.417. The highest BCUT2D eigenvalue weighted by Gasteiger charge is 2.19. The van der Waals surface area contributed by atoms with Crippen LogP contribution in [0.1, 0.15) is 24.2 Å². The van der Waals surface area contributed by atoms with Gasteiger partial charge in [-0.2, -0.15) is 11.8 Å². The minimum Gasteiger partial charge on any atom is -0.351 e. The molecule has 4 N–H and O–H groups in total. The predicted octanol–water partition coefficient (Wildman–Crippen LogP) is 1.98. The summed E-state index contributed by atoms with van der Waals surface area (Å²) in [4.78, 5) is 12.0. The number of para-hydroxylation sites is 1. The molecule has 0 aliphatic carbocycles. The molecule has 0 bridgehead atoms. The summed E-state index contributed by atoms with van der Waals surface area (Å²) in [5, 5.41) is 2.77. The number of amides is 1. The van der Waals surface area contributed by atoms with Crippen molar-refractivity contribution in [2.24, 2.45) is 5.84 Å². The van der Waals surface area contributed by atoms with Crippen LogP contribution in [0.2, 0.25) is 0 Å². The second-order valence-electron chi connectivity index (χ2n) is 4.45. The average molecular weight is 271 g/mol. The number of hydrazine groups is 1. The predicted molar refractivity (Wildman–Crippen MR) is 74.1 cm³/mol. The average Bonchev–Trinajstić information content (AvgIpc) is 2.35. The zero-order valence-corrected chi connectivity index (χ0v) is 11.5. The topological polar surface area (TPSA) is 67.2 Å². The molecule has 0 unspecified atom stereocenters. The molecule has 0 aliphatic rings. The third kappa shape index (κ3) is 3.61. The number of anilines is 1. The van der Waals surface area contributed by atoms with Gasteiger partial charge < -0.3 is 10.7 Å². The summed E-state index contributed by atoms with van der Waals surface area (Å²) in [5.41, 5.74) is 2.43. The van der Waals surface area contributed by atoms with Crippen molar-refractivity contribution < 1.29 is 9.18 Å². The molecular formula is C12H18FN3OS. The number of benzene rings is 1. The van der Waals surface area contributed by atoms with Gasteiger partial charge in [-0.3, -0.25) is 10.6 Å². The minimum absolute atomic E-state index is 0.0111. The van der Waals surface area contributed by atoms with E-state index < -0.39 is 5.82 Å². The highest BCUT2D eigenvalue weighted by atomic mass is 32.2. The lowest BCUT2D eigenvalue weighted by molar-refractivity contribution is 0.0951. The van der Waals surface area contributed by atoms with Gasteiger partial charge >= 0.3 is 0 Å². The third-order valence-corrected chi connectivity index (χ3v) is 3.88. The zero-order chi connectivity index (χ0) is 13.8. The van der Waals surface area contributed by atoms with E-state index in [4.69, 9.17) is 5.84 Å². The van der Waals surface area contributed by atoms with Crippen LogP contribution in [0.15, 0.2) is 18.2 Å². The van der Waals surface area contributed by atoms with Crippen LogP contribution in [0, 0.1) is 5.82 Å². The SMILES string of the molecule is CSC(C)(C)CNC(=O)c1cccc(F)c1NN. The van der Waals surface area contributed by atoms with Gasteiger partial charge in [-0.25, -0.2) is 4.39 Å². The Bertz CT molecular complexity index is 437. The maximum absolute atomic E-state index is 13.4. The van der Waals surface area contributed by atoms with Crippen molar-refractivity contribution in [2.75, 3.05) is 18.2 Å². The Morgan fingerprint density at radius 2 is 2.17 bits per heavy atom. The van der Waals surface area contributed by atoms with E-state index in [1.54, 1.807) is 11.8 Å². The first-order valence-corrected chi connectivity index (χ1v) is 6.72. The Hall–Kier alpha value is -1.27. The van der Waals surface area contributed by atoms with Gasteiger partial charge in [0.15, 0.2) is 0 Å². The fourth-order valence-corrected chi connectivity index (χ4v) is 1.54. The van der Waals surface area contributed by atoms with Gasteiger partial charge in [0, 0.05) is 11.3 Å². The summed E-state index contributed by atoms with van der Waals surface area (Å²) in [7, 11) is 0. The van der Waals surface area contributed by atoms with Crippen molar-refractivity contribution in [1.82, 2.24) is 5.32 Å². The number of halogens is 1. The van der Waals surface area contributed by atoms with E-state index >= 15 is 0 Å². The Morgan fingerprint density at radius 3 is 2.72 bits per heavy atom. The van der Waals surface area contributed by atoms with Crippen molar-refractivity contribution in [2.45, 2.75) is 18.6 Å². The Labute approximate surface area is 110 Å². The molecule has 1 aromatic rings. The number of nitrogen functional groups attached to an aromatic ring is 1. The van der Waals surface area contributed by atoms with Gasteiger partial charge in [-0.1, -0.05) is 6.07 Å². The smallest absolute Gasteiger partial charge is 0.253 e. The highest BCUT2D eigenvalue weighted by molar-refractivity contribution is 7.99. The minimum atomic E-state index is -0.547. The molecule has 0 heterocycles. The number of rotatable bonds is 5. The van der Waals surface area contributed by atoms with E-state index in [9.17, 15) is 9.18 Å². The van der Waals surface area contributed by atoms with Crippen LogP contribution in [0.3, 0.4) is 0 Å². The van der Waals surface area contributed by atoms with Crippen molar-refractivity contribution in [3.63, 3.8) is 0 Å². The number of carbonyl (C=O) groups is 1. The quantitative estimate of drug-likeness (QED) is 0.566. The summed E-state index contributed by atoms with van der Waals surface area (Å²) in [6, 6.07) is 4.25. The van der Waals surface area contributed by atoms with Crippen LogP contribution in [0.5, 0.6) is 0 Å². The first-order valence-electron chi connectivity index (χ1n) is 5.50. The summed E-state index contributed by atoms with van der Waals surface area (Å²) in [5.74, 6) is 4.33. The molecule has 4 nitrogen and oxygen atoms in total. The molecule has 1 rings (SSSR count). The number of carbonyl (C=O) groups excluding carboxylic acids is 1. The number of thioether (sulfide) groups is 1. The van der Waals surface area contributed by atoms with E-state index in [-0.39, 0.29) is 21.9 Å². The molecule has 0 spiro atoms. The summed E-state index contributed by atoms with van der Waals surface area (Å²) in [6.07, 6.45) is 1.97. The first kappa shape index (κ1) is 14.8. The van der Waals surface area contributed by atoms with Crippen molar-refractivity contribution >= 4 is 23.4 Å². The largest absolute Gasteiger partial charge is 0.351 e. The molecule has 1 aromatic carbocycles. The monoisotopic (exact) mass is 271 g/mol. The third-order valence-electron chi connectivity index (χ3n) is 2.63. The van der Waals surface area contributed by atoms with Crippen molar-refractivity contribution in [3.8, 4) is 0 Å². The van der Waals surface area contributed by atoms with E-state index in [1.165, 1.54) is 18.2 Å². The molecule has 0 fully saturated rings. The normalized spacial score (nSPS) is 11.2. The van der Waals surface area contributed by atoms with E-state index in [0.717, 1.165) is 0 Å². The summed E-state index contributed by atoms with van der Waals surface area (Å²) >= 11 is 1.65. The van der Waals surface area contributed by atoms with Crippen molar-refractivity contribution in [1.29, 1.82) is 0 Å². The van der Waals surface area contributed by atoms with Crippen LogP contribution in [0.25, 0.3) is 0 Å². The second kappa shape index (κ2) is 6.06. The summed E-state index contributed by atoms with van der Waals surface area (Å²) in [6.45, 7) is 4.53. The van der Waals surface area contributed by atoms with E-state index in [1.807, 2.05) is 20.1 Å². The van der Waals surface area contributed by atoms with Crippen LogP contribution in [-0.4, -0.2) is 23.5 Å². The molecule has 0 saturated heterocycles. The maximum atomic E-state index is 13.4. The standard InChI is InChI=1S/C12H18FN3OS/c1-12(2,18-3)7-15-11(17)8-5-4-6-9(13)10(8)16-14/h4-6,16H,7,14H2,1-3H3,(H,15,17). The number of nitrogens with two attached hydrogens (primary N) is 1. The van der Waals surface area contributed by atoms with E-state index in [0.29, 0.717) is 6.54 Å². The lowest BCUT2D eigenvalue weighted by Crippen LogP contribution is -2.36. The number of nitrogens with one attached hydrogen (secondary N) is 2. The van der Waals surface area contributed by atoms with Crippen LogP contribution in [-0.2, 0) is 0 Å². The molecule has 100 valence electrons. The van der Waals surface area contributed by atoms with E-state index in [2.05, 4.69) is 10.7 Å². The summed E-state index contributed by atoms with van der Waals surface area (Å²) < 4.78 is 13.4. The van der Waals surface area contributed by atoms with Gasteiger partial charge in [0.05, 0.1) is 11.3 Å². The van der Waals surface area contributed by atoms with Gasteiger partial charge in [-0.05, 0) is 32.2 Å². The van der Waals surface area contributed by atoms with Gasteiger partial charge in [0.25, 0.3) is 5.91 Å². The fourth-order valence-electron chi connectivity index (χ4n) is 1.32. The molecule has 0 aliphatic heterocycles. The lowest BCUT2D eigenvalue weighted by Gasteiger charge is -2.22. The van der Waals surface area contributed by atoms with Crippen LogP contribution >= 0.6 is 11.8 Å². The molecule has 0 radical (unpaired) electrons. The molecule has 0 aromatic heterocycles. The second-order valence-corrected chi connectivity index (χ2v) is 5.97.